The molecule has 3 aromatic rings. The first-order valence-electron chi connectivity index (χ1n) is 14.5. The summed E-state index contributed by atoms with van der Waals surface area (Å²) in [5.41, 5.74) is 2.01. The van der Waals surface area contributed by atoms with E-state index in [1.165, 1.54) is 6.42 Å². The first-order chi connectivity index (χ1) is 19.3. The number of nitrogens with zero attached hydrogens (tertiary/aromatic N) is 4. The second-order valence-corrected chi connectivity index (χ2v) is 12.7. The van der Waals surface area contributed by atoms with Crippen molar-refractivity contribution in [2.75, 3.05) is 6.54 Å². The third kappa shape index (κ3) is 4.78. The molecule has 3 saturated carbocycles. The monoisotopic (exact) mass is 534 g/mol. The summed E-state index contributed by atoms with van der Waals surface area (Å²) in [5, 5.41) is 0. The average molecular weight is 535 g/mol. The van der Waals surface area contributed by atoms with E-state index >= 15 is 0 Å². The zero-order chi connectivity index (χ0) is 27.9. The van der Waals surface area contributed by atoms with Crippen LogP contribution in [-0.4, -0.2) is 44.5 Å². The van der Waals surface area contributed by atoms with Gasteiger partial charge in [0.15, 0.2) is 5.78 Å². The van der Waals surface area contributed by atoms with Gasteiger partial charge in [0.25, 0.3) is 5.91 Å². The van der Waals surface area contributed by atoms with E-state index in [9.17, 15) is 9.59 Å². The molecule has 3 aliphatic carbocycles. The summed E-state index contributed by atoms with van der Waals surface area (Å²) in [7, 11) is 0. The number of Topliss-reactive ketones (excluding diaryl/α,β-unsaturated/α-hetero) is 1. The molecule has 4 unspecified atom stereocenters. The Labute approximate surface area is 237 Å². The van der Waals surface area contributed by atoms with Crippen LogP contribution in [0.2, 0.25) is 0 Å². The smallest absolute Gasteiger partial charge is 0.256 e. The maximum Gasteiger partial charge on any atom is 0.256 e. The highest BCUT2D eigenvalue weighted by molar-refractivity contribution is 6.17. The molecule has 4 atom stereocenters. The normalized spacial score (nSPS) is 26.2. The molecule has 1 amide bonds. The molecule has 0 saturated heterocycles. The standard InChI is InChI=1S/C34H38N4O2/c1-23-27(17-28-18-29(23)33(28,2)3)22-38-31(19-30(39)26-7-5-4-6-8-26)37-34(32(38)40,20-24-9-13-35-14-10-24)21-25-11-15-36-16-12-25/h4-16,23,27-29H,17-22H2,1-3H3. The lowest BCUT2D eigenvalue weighted by molar-refractivity contribution is -0.141. The molecule has 7 rings (SSSR count). The molecule has 3 heterocycles. The zero-order valence-electron chi connectivity index (χ0n) is 23.7. The van der Waals surface area contributed by atoms with Crippen LogP contribution in [0.15, 0.2) is 84.4 Å². The predicted octanol–water partition coefficient (Wildman–Crippen LogP) is 5.83. The summed E-state index contributed by atoms with van der Waals surface area (Å²) in [5.74, 6) is 2.89. The third-order valence-electron chi connectivity index (χ3n) is 10.1. The van der Waals surface area contributed by atoms with Gasteiger partial charge in [-0.3, -0.25) is 29.4 Å². The van der Waals surface area contributed by atoms with Crippen LogP contribution in [0.4, 0.5) is 0 Å². The van der Waals surface area contributed by atoms with E-state index < -0.39 is 5.54 Å². The summed E-state index contributed by atoms with van der Waals surface area (Å²) >= 11 is 0. The lowest BCUT2D eigenvalue weighted by atomic mass is 9.43. The number of amides is 1. The molecule has 206 valence electrons. The maximum absolute atomic E-state index is 14.6. The van der Waals surface area contributed by atoms with Gasteiger partial charge in [-0.15, -0.1) is 0 Å². The van der Waals surface area contributed by atoms with Crippen molar-refractivity contribution in [3.8, 4) is 0 Å². The van der Waals surface area contributed by atoms with Crippen molar-refractivity contribution in [1.82, 2.24) is 14.9 Å². The lowest BCUT2D eigenvalue weighted by Crippen LogP contribution is -2.57. The quantitative estimate of drug-likeness (QED) is 0.324. The van der Waals surface area contributed by atoms with Gasteiger partial charge in [-0.1, -0.05) is 51.1 Å². The lowest BCUT2D eigenvalue weighted by Gasteiger charge is -2.62. The molecule has 3 fully saturated rings. The minimum Gasteiger partial charge on any atom is -0.298 e. The molecule has 6 nitrogen and oxygen atoms in total. The number of pyridine rings is 2. The van der Waals surface area contributed by atoms with Crippen LogP contribution in [0.1, 0.15) is 61.5 Å². The zero-order valence-corrected chi connectivity index (χ0v) is 23.7. The van der Waals surface area contributed by atoms with Crippen molar-refractivity contribution < 1.29 is 9.59 Å². The minimum absolute atomic E-state index is 0.00249. The molecular weight excluding hydrogens is 496 g/mol. The minimum atomic E-state index is -1.02. The van der Waals surface area contributed by atoms with Gasteiger partial charge >= 0.3 is 0 Å². The average Bonchev–Trinajstić information content (AvgIpc) is 3.20. The van der Waals surface area contributed by atoms with Gasteiger partial charge in [-0.05, 0) is 77.3 Å². The molecule has 4 aliphatic rings. The number of ketones is 1. The third-order valence-corrected chi connectivity index (χ3v) is 10.1. The number of benzene rings is 1. The molecule has 0 N–H and O–H groups in total. The SMILES string of the molecule is CC1C(CN2C(=O)C(Cc3ccncc3)(Cc3ccncc3)N=C2CC(=O)c2ccccc2)CC2CC1C2(C)C. The fourth-order valence-corrected chi connectivity index (χ4v) is 7.62. The van der Waals surface area contributed by atoms with Crippen LogP contribution in [0.3, 0.4) is 0 Å². The molecule has 6 heteroatoms. The van der Waals surface area contributed by atoms with Crippen molar-refractivity contribution in [2.24, 2.45) is 34.1 Å². The van der Waals surface area contributed by atoms with Crippen molar-refractivity contribution in [1.29, 1.82) is 0 Å². The summed E-state index contributed by atoms with van der Waals surface area (Å²) < 4.78 is 0. The number of amidine groups is 1. The molecule has 0 radical (unpaired) electrons. The molecule has 2 bridgehead atoms. The van der Waals surface area contributed by atoms with Gasteiger partial charge in [-0.2, -0.15) is 0 Å². The van der Waals surface area contributed by atoms with Crippen molar-refractivity contribution >= 4 is 17.5 Å². The van der Waals surface area contributed by atoms with Crippen molar-refractivity contribution in [3.05, 3.63) is 96.1 Å². The Morgan fingerprint density at radius 2 is 1.50 bits per heavy atom. The fraction of sp³-hybridized carbons (Fsp3) is 0.441. The fourth-order valence-electron chi connectivity index (χ4n) is 7.62. The Kier molecular flexibility index (Phi) is 6.89. The molecule has 40 heavy (non-hydrogen) atoms. The second kappa shape index (κ2) is 10.4. The molecule has 2 aromatic heterocycles. The number of rotatable bonds is 9. The predicted molar refractivity (Wildman–Crippen MR) is 156 cm³/mol. The summed E-state index contributed by atoms with van der Waals surface area (Å²) in [6.45, 7) is 7.79. The highest BCUT2D eigenvalue weighted by atomic mass is 16.2. The summed E-state index contributed by atoms with van der Waals surface area (Å²) in [6, 6.07) is 17.1. The van der Waals surface area contributed by atoms with Gasteiger partial charge in [0.05, 0.1) is 6.42 Å². The molecule has 1 aromatic carbocycles. The Morgan fingerprint density at radius 3 is 2.05 bits per heavy atom. The number of hydrogen-bond acceptors (Lipinski definition) is 5. The highest BCUT2D eigenvalue weighted by Crippen LogP contribution is 2.63. The topological polar surface area (TPSA) is 75.5 Å². The summed E-state index contributed by atoms with van der Waals surface area (Å²) in [4.78, 5) is 43.5. The first-order valence-corrected chi connectivity index (χ1v) is 14.5. The van der Waals surface area contributed by atoms with E-state index in [1.807, 2.05) is 59.5 Å². The van der Waals surface area contributed by atoms with Gasteiger partial charge in [0.2, 0.25) is 0 Å². The van der Waals surface area contributed by atoms with Crippen LogP contribution >= 0.6 is 0 Å². The van der Waals surface area contributed by atoms with Gasteiger partial charge in [0, 0.05) is 49.7 Å². The molecule has 1 aliphatic heterocycles. The Bertz CT molecular complexity index is 1360. The van der Waals surface area contributed by atoms with E-state index in [1.54, 1.807) is 24.8 Å². The van der Waals surface area contributed by atoms with Crippen LogP contribution < -0.4 is 0 Å². The van der Waals surface area contributed by atoms with Crippen molar-refractivity contribution in [2.45, 2.75) is 58.4 Å². The van der Waals surface area contributed by atoms with Gasteiger partial charge in [0.1, 0.15) is 11.4 Å². The number of hydrogen-bond donors (Lipinski definition) is 0. The number of fused-ring (bicyclic) bond motifs is 2. The highest BCUT2D eigenvalue weighted by Gasteiger charge is 2.57. The molecular formula is C34H38N4O2. The molecule has 0 spiro atoms. The first kappa shape index (κ1) is 26.5. The van der Waals surface area contributed by atoms with Crippen molar-refractivity contribution in [3.63, 3.8) is 0 Å². The Hall–Kier alpha value is -3.67. The summed E-state index contributed by atoms with van der Waals surface area (Å²) in [6.07, 6.45) is 10.5. The Balaban J connectivity index is 1.36. The number of carbonyl (C=O) groups is 2. The van der Waals surface area contributed by atoms with Gasteiger partial charge < -0.3 is 0 Å². The largest absolute Gasteiger partial charge is 0.298 e. The van der Waals surface area contributed by atoms with Crippen LogP contribution in [-0.2, 0) is 17.6 Å². The maximum atomic E-state index is 14.6. The number of aromatic nitrogens is 2. The van der Waals surface area contributed by atoms with E-state index in [0.29, 0.717) is 59.9 Å². The number of aliphatic imine (C=N–C) groups is 1. The van der Waals surface area contributed by atoms with Crippen LogP contribution in [0.25, 0.3) is 0 Å². The second-order valence-electron chi connectivity index (χ2n) is 12.7. The van der Waals surface area contributed by atoms with E-state index in [0.717, 1.165) is 17.5 Å². The number of carbonyl (C=O) groups excluding carboxylic acids is 2. The van der Waals surface area contributed by atoms with Crippen LogP contribution in [0.5, 0.6) is 0 Å². The Morgan fingerprint density at radius 1 is 0.900 bits per heavy atom. The van der Waals surface area contributed by atoms with E-state index in [-0.39, 0.29) is 18.1 Å². The van der Waals surface area contributed by atoms with E-state index in [2.05, 4.69) is 30.7 Å². The van der Waals surface area contributed by atoms with E-state index in [4.69, 9.17) is 4.99 Å². The van der Waals surface area contributed by atoms with Crippen LogP contribution in [0, 0.1) is 29.1 Å². The van der Waals surface area contributed by atoms with Gasteiger partial charge in [-0.25, -0.2) is 0 Å².